The predicted molar refractivity (Wildman–Crippen MR) is 70.1 cm³/mol. The lowest BCUT2D eigenvalue weighted by Gasteiger charge is -2.22. The summed E-state index contributed by atoms with van der Waals surface area (Å²) in [6.07, 6.45) is 1.09. The van der Waals surface area contributed by atoms with Crippen LogP contribution in [0.2, 0.25) is 0 Å². The van der Waals surface area contributed by atoms with Crippen LogP contribution in [0.15, 0.2) is 28.7 Å². The van der Waals surface area contributed by atoms with E-state index in [0.717, 1.165) is 13.0 Å². The van der Waals surface area contributed by atoms with Gasteiger partial charge in [-0.05, 0) is 30.5 Å². The molecule has 0 saturated carbocycles. The van der Waals surface area contributed by atoms with Gasteiger partial charge in [-0.3, -0.25) is 0 Å². The molecule has 0 saturated heterocycles. The zero-order chi connectivity index (χ0) is 11.3. The average molecular weight is 270 g/mol. The van der Waals surface area contributed by atoms with E-state index in [4.69, 9.17) is 0 Å². The third-order valence-electron chi connectivity index (χ3n) is 2.67. The number of nitrogens with one attached hydrogen (secondary N) is 1. The summed E-state index contributed by atoms with van der Waals surface area (Å²) >= 11 is 3.60. The van der Waals surface area contributed by atoms with Gasteiger partial charge in [0.2, 0.25) is 0 Å². The molecular weight excluding hydrogens is 250 g/mol. The minimum Gasteiger partial charge on any atom is -0.314 e. The fourth-order valence-electron chi connectivity index (χ4n) is 1.71. The van der Waals surface area contributed by atoms with Gasteiger partial charge < -0.3 is 5.32 Å². The summed E-state index contributed by atoms with van der Waals surface area (Å²) in [4.78, 5) is 0. The molecule has 0 aromatic heterocycles. The van der Waals surface area contributed by atoms with Crippen LogP contribution in [0.3, 0.4) is 0 Å². The number of rotatable bonds is 5. The van der Waals surface area contributed by atoms with E-state index < -0.39 is 0 Å². The van der Waals surface area contributed by atoms with Gasteiger partial charge in [0.1, 0.15) is 0 Å². The first-order valence-electron chi connectivity index (χ1n) is 5.62. The Balaban J connectivity index is 2.69. The highest BCUT2D eigenvalue weighted by molar-refractivity contribution is 9.10. The number of hydrogen-bond acceptors (Lipinski definition) is 1. The first-order valence-corrected chi connectivity index (χ1v) is 6.41. The molecule has 0 aliphatic carbocycles. The van der Waals surface area contributed by atoms with Gasteiger partial charge in [-0.2, -0.15) is 0 Å². The molecule has 1 aromatic carbocycles. The van der Waals surface area contributed by atoms with Gasteiger partial charge in [-0.15, -0.1) is 0 Å². The Hall–Kier alpha value is -0.340. The lowest BCUT2D eigenvalue weighted by molar-refractivity contribution is 0.405. The molecule has 1 N–H and O–H groups in total. The smallest absolute Gasteiger partial charge is 0.0207 e. The lowest BCUT2D eigenvalue weighted by Crippen LogP contribution is -2.35. The highest BCUT2D eigenvalue weighted by Gasteiger charge is 2.13. The van der Waals surface area contributed by atoms with Crippen molar-refractivity contribution in [2.75, 3.05) is 6.54 Å². The largest absolute Gasteiger partial charge is 0.314 e. The van der Waals surface area contributed by atoms with Crippen LogP contribution >= 0.6 is 15.9 Å². The molecule has 84 valence electrons. The molecule has 0 aliphatic rings. The topological polar surface area (TPSA) is 12.0 Å². The molecule has 1 unspecified atom stereocenters. The summed E-state index contributed by atoms with van der Waals surface area (Å²) in [5.41, 5.74) is 1.39. The van der Waals surface area contributed by atoms with Crippen LogP contribution in [-0.2, 0) is 6.42 Å². The third-order valence-corrected chi connectivity index (χ3v) is 3.44. The quantitative estimate of drug-likeness (QED) is 0.861. The summed E-state index contributed by atoms with van der Waals surface area (Å²) in [5.74, 6) is 0.664. The van der Waals surface area contributed by atoms with Crippen molar-refractivity contribution in [1.29, 1.82) is 0 Å². The Labute approximate surface area is 101 Å². The zero-order valence-corrected chi connectivity index (χ0v) is 11.3. The molecule has 1 rings (SSSR count). The SMILES string of the molecule is CCNC(Cc1ccccc1Br)C(C)C. The van der Waals surface area contributed by atoms with E-state index in [9.17, 15) is 0 Å². The maximum Gasteiger partial charge on any atom is 0.0207 e. The minimum absolute atomic E-state index is 0.564. The number of halogens is 1. The van der Waals surface area contributed by atoms with Gasteiger partial charge in [0.15, 0.2) is 0 Å². The molecule has 0 amide bonds. The molecule has 15 heavy (non-hydrogen) atoms. The first-order chi connectivity index (χ1) is 7.15. The van der Waals surface area contributed by atoms with E-state index in [1.807, 2.05) is 0 Å². The van der Waals surface area contributed by atoms with Gasteiger partial charge in [-0.25, -0.2) is 0 Å². The van der Waals surface area contributed by atoms with Crippen molar-refractivity contribution in [3.63, 3.8) is 0 Å². The van der Waals surface area contributed by atoms with Crippen LogP contribution in [0.1, 0.15) is 26.3 Å². The second kappa shape index (κ2) is 6.29. The van der Waals surface area contributed by atoms with Crippen LogP contribution < -0.4 is 5.32 Å². The molecule has 0 bridgehead atoms. The number of likely N-dealkylation sites (N-methyl/N-ethyl adjacent to an activating group) is 1. The van der Waals surface area contributed by atoms with E-state index in [1.165, 1.54) is 10.0 Å². The summed E-state index contributed by atoms with van der Waals surface area (Å²) in [5, 5.41) is 3.54. The normalized spacial score (nSPS) is 13.1. The molecular formula is C13H20BrN. The molecule has 0 aliphatic heterocycles. The van der Waals surface area contributed by atoms with Gasteiger partial charge in [-0.1, -0.05) is 54.9 Å². The van der Waals surface area contributed by atoms with Crippen molar-refractivity contribution < 1.29 is 0 Å². The van der Waals surface area contributed by atoms with Crippen molar-refractivity contribution in [2.24, 2.45) is 5.92 Å². The molecule has 0 fully saturated rings. The van der Waals surface area contributed by atoms with Crippen LogP contribution in [0.5, 0.6) is 0 Å². The zero-order valence-electron chi connectivity index (χ0n) is 9.76. The Morgan fingerprint density at radius 3 is 2.47 bits per heavy atom. The Kier molecular flexibility index (Phi) is 5.34. The van der Waals surface area contributed by atoms with Crippen molar-refractivity contribution in [1.82, 2.24) is 5.32 Å². The third kappa shape index (κ3) is 3.96. The molecule has 2 heteroatoms. The van der Waals surface area contributed by atoms with Gasteiger partial charge in [0.05, 0.1) is 0 Å². The van der Waals surface area contributed by atoms with Crippen LogP contribution in [0.4, 0.5) is 0 Å². The molecule has 1 atom stereocenters. The standard InChI is InChI=1S/C13H20BrN/c1-4-15-13(10(2)3)9-11-7-5-6-8-12(11)14/h5-8,10,13,15H,4,9H2,1-3H3. The van der Waals surface area contributed by atoms with Crippen LogP contribution in [0, 0.1) is 5.92 Å². The fraction of sp³-hybridized carbons (Fsp3) is 0.538. The van der Waals surface area contributed by atoms with Crippen LogP contribution in [0.25, 0.3) is 0 Å². The second-order valence-electron chi connectivity index (χ2n) is 4.20. The van der Waals surface area contributed by atoms with Crippen molar-refractivity contribution in [3.8, 4) is 0 Å². The monoisotopic (exact) mass is 269 g/mol. The predicted octanol–water partition coefficient (Wildman–Crippen LogP) is 3.63. The first kappa shape index (κ1) is 12.7. The van der Waals surface area contributed by atoms with Crippen molar-refractivity contribution in [2.45, 2.75) is 33.2 Å². The Morgan fingerprint density at radius 1 is 1.27 bits per heavy atom. The maximum absolute atomic E-state index is 3.60. The van der Waals surface area contributed by atoms with Gasteiger partial charge in [0, 0.05) is 10.5 Å². The number of hydrogen-bond donors (Lipinski definition) is 1. The molecule has 0 radical (unpaired) electrons. The molecule has 1 nitrogen and oxygen atoms in total. The summed E-state index contributed by atoms with van der Waals surface area (Å²) < 4.78 is 1.22. The van der Waals surface area contributed by atoms with E-state index in [2.05, 4.69) is 66.3 Å². The summed E-state index contributed by atoms with van der Waals surface area (Å²) in [6.45, 7) is 7.73. The van der Waals surface area contributed by atoms with Crippen molar-refractivity contribution in [3.05, 3.63) is 34.3 Å². The Bertz CT molecular complexity index is 296. The highest BCUT2D eigenvalue weighted by atomic mass is 79.9. The number of benzene rings is 1. The van der Waals surface area contributed by atoms with Gasteiger partial charge >= 0.3 is 0 Å². The van der Waals surface area contributed by atoms with E-state index in [0.29, 0.717) is 12.0 Å². The van der Waals surface area contributed by atoms with Crippen LogP contribution in [-0.4, -0.2) is 12.6 Å². The second-order valence-corrected chi connectivity index (χ2v) is 5.06. The summed E-state index contributed by atoms with van der Waals surface area (Å²) in [6, 6.07) is 9.03. The van der Waals surface area contributed by atoms with Gasteiger partial charge in [0.25, 0.3) is 0 Å². The molecule has 1 aromatic rings. The molecule has 0 heterocycles. The minimum atomic E-state index is 0.564. The molecule has 0 spiro atoms. The summed E-state index contributed by atoms with van der Waals surface area (Å²) in [7, 11) is 0. The highest BCUT2D eigenvalue weighted by Crippen LogP contribution is 2.19. The Morgan fingerprint density at radius 2 is 1.93 bits per heavy atom. The average Bonchev–Trinajstić information content (AvgIpc) is 2.20. The maximum atomic E-state index is 3.60. The van der Waals surface area contributed by atoms with E-state index in [-0.39, 0.29) is 0 Å². The van der Waals surface area contributed by atoms with E-state index in [1.54, 1.807) is 0 Å². The fourth-order valence-corrected chi connectivity index (χ4v) is 2.15. The van der Waals surface area contributed by atoms with E-state index >= 15 is 0 Å². The van der Waals surface area contributed by atoms with Crippen molar-refractivity contribution >= 4 is 15.9 Å². The lowest BCUT2D eigenvalue weighted by atomic mass is 9.96.